The highest BCUT2D eigenvalue weighted by atomic mass is 35.5. The molecule has 2 N–H and O–H groups in total. The Morgan fingerprint density at radius 1 is 0.873 bits per heavy atom. The predicted molar refractivity (Wildman–Crippen MR) is 256 cm³/mol. The summed E-state index contributed by atoms with van der Waals surface area (Å²) in [6.45, 7) is 23.1. The van der Waals surface area contributed by atoms with Crippen molar-refractivity contribution in [3.63, 3.8) is 0 Å². The third-order valence-electron chi connectivity index (χ3n) is 10.9. The minimum absolute atomic E-state index is 0.0991. The maximum atomic E-state index is 13.3. The number of halogens is 1. The highest BCUT2D eigenvalue weighted by Crippen LogP contribution is 2.35. The summed E-state index contributed by atoms with van der Waals surface area (Å²) in [7, 11) is 0. The first-order chi connectivity index (χ1) is 30.2. The zero-order chi connectivity index (χ0) is 45.5. The van der Waals surface area contributed by atoms with Crippen molar-refractivity contribution in [2.45, 2.75) is 87.1 Å². The molecule has 0 saturated heterocycles. The first-order valence-electron chi connectivity index (χ1n) is 21.6. The molecular weight excluding hydrogens is 812 g/mol. The smallest absolute Gasteiger partial charge is 0.222 e. The van der Waals surface area contributed by atoms with Crippen molar-refractivity contribution in [2.24, 2.45) is 4.99 Å². The molecule has 12 heteroatoms. The van der Waals surface area contributed by atoms with Crippen LogP contribution in [0.2, 0.25) is 5.02 Å². The molecule has 63 heavy (non-hydrogen) atoms. The Balaban J connectivity index is 0.992. The van der Waals surface area contributed by atoms with Crippen molar-refractivity contribution < 1.29 is 23.8 Å². The van der Waals surface area contributed by atoms with Crippen molar-refractivity contribution >= 4 is 46.0 Å². The van der Waals surface area contributed by atoms with Gasteiger partial charge in [-0.05, 0) is 119 Å². The number of nitrogens with zero attached hydrogens (tertiary/aromatic N) is 4. The standard InChI is InChI=1S/C51H63ClN6O5/c1-33(2)38(7)49-39(8)58-40(9)56-57-51(58)47(55-50(49)41-15-17-44(52)18-16-41)32-48(60)53-22-24-62-26-28-63-27-25-61-23-21-36(5)54-45-19-20-46(35(4)30-45)43-14-12-10-11-13-42(31-37(6)59)34(3)29-43/h11-20,29-30,47,54H,5,10,21-28,31-32H2,1-4,6-9H3,(H,53,60)/b13-11-,14-12+,42-34-,43-29+/t47-/m0/s1. The Bertz CT molecular complexity index is 2360. The number of rotatable bonds is 21. The lowest BCUT2D eigenvalue weighted by molar-refractivity contribution is -0.121. The van der Waals surface area contributed by atoms with Gasteiger partial charge in [0.15, 0.2) is 5.82 Å². The number of carbonyl (C=O) groups excluding carboxylic acids is 2. The van der Waals surface area contributed by atoms with Gasteiger partial charge < -0.3 is 24.8 Å². The highest BCUT2D eigenvalue weighted by Gasteiger charge is 2.30. The van der Waals surface area contributed by atoms with Gasteiger partial charge in [-0.2, -0.15) is 0 Å². The first-order valence-corrected chi connectivity index (χ1v) is 22.0. The number of Topliss-reactive ketones (excluding diaryl/α,β-unsaturated/α-hetero) is 1. The fraction of sp³-hybridized carbons (Fsp3) is 0.392. The molecule has 5 rings (SSSR count). The molecule has 0 unspecified atom stereocenters. The van der Waals surface area contributed by atoms with Crippen molar-refractivity contribution in [1.29, 1.82) is 0 Å². The number of carbonyl (C=O) groups is 2. The van der Waals surface area contributed by atoms with E-state index in [1.165, 1.54) is 0 Å². The van der Waals surface area contributed by atoms with E-state index < -0.39 is 6.04 Å². The quantitative estimate of drug-likeness (QED) is 0.101. The third kappa shape index (κ3) is 14.0. The van der Waals surface area contributed by atoms with E-state index in [4.69, 9.17) is 30.8 Å². The van der Waals surface area contributed by atoms with Crippen LogP contribution in [0.5, 0.6) is 0 Å². The lowest BCUT2D eigenvalue weighted by Crippen LogP contribution is -2.29. The van der Waals surface area contributed by atoms with Crippen LogP contribution in [0.1, 0.15) is 102 Å². The van der Waals surface area contributed by atoms with Gasteiger partial charge in [-0.15, -0.1) is 10.2 Å². The van der Waals surface area contributed by atoms with Gasteiger partial charge in [-0.3, -0.25) is 19.1 Å². The summed E-state index contributed by atoms with van der Waals surface area (Å²) in [4.78, 5) is 30.3. The van der Waals surface area contributed by atoms with Crippen molar-refractivity contribution in [2.75, 3.05) is 51.5 Å². The molecule has 1 aromatic heterocycles. The number of aliphatic imine (C=N–C) groups is 1. The number of aromatic nitrogens is 3. The monoisotopic (exact) mass is 874 g/mol. The lowest BCUT2D eigenvalue weighted by atomic mass is 9.92. The second kappa shape index (κ2) is 23.8. The summed E-state index contributed by atoms with van der Waals surface area (Å²) in [5.41, 5.74) is 13.3. The molecular formula is C51H63ClN6O5. The molecule has 2 aromatic carbocycles. The van der Waals surface area contributed by atoms with Crippen LogP contribution in [0.3, 0.4) is 0 Å². The molecule has 1 aliphatic heterocycles. The molecule has 0 fully saturated rings. The van der Waals surface area contributed by atoms with Gasteiger partial charge in [0, 0.05) is 52.6 Å². The number of fused-ring (bicyclic) bond motifs is 1. The van der Waals surface area contributed by atoms with Gasteiger partial charge in [0.1, 0.15) is 17.6 Å². The van der Waals surface area contributed by atoms with Crippen molar-refractivity contribution in [3.05, 3.63) is 146 Å². The summed E-state index contributed by atoms with van der Waals surface area (Å²) in [5.74, 6) is 1.36. The topological polar surface area (TPSA) is 129 Å². The van der Waals surface area contributed by atoms with Crippen LogP contribution in [0.15, 0.2) is 118 Å². The number of amides is 1. The zero-order valence-corrected chi connectivity index (χ0v) is 39.0. The Morgan fingerprint density at radius 3 is 2.24 bits per heavy atom. The Kier molecular flexibility index (Phi) is 18.4. The fourth-order valence-corrected chi connectivity index (χ4v) is 7.56. The number of nitrogens with one attached hydrogen (secondary N) is 2. The van der Waals surface area contributed by atoms with Crippen LogP contribution < -0.4 is 10.6 Å². The van der Waals surface area contributed by atoms with E-state index in [2.05, 4.69) is 111 Å². The molecule has 11 nitrogen and oxygen atoms in total. The van der Waals surface area contributed by atoms with Crippen LogP contribution in [0.4, 0.5) is 5.69 Å². The molecule has 334 valence electrons. The van der Waals surface area contributed by atoms with Gasteiger partial charge in [0.25, 0.3) is 0 Å². The first kappa shape index (κ1) is 48.6. The van der Waals surface area contributed by atoms with E-state index in [0.29, 0.717) is 69.9 Å². The van der Waals surface area contributed by atoms with E-state index >= 15 is 0 Å². The molecule has 0 spiro atoms. The summed E-state index contributed by atoms with van der Waals surface area (Å²) in [6.07, 6.45) is 12.6. The van der Waals surface area contributed by atoms with Crippen LogP contribution >= 0.6 is 11.6 Å². The Labute approximate surface area is 378 Å². The van der Waals surface area contributed by atoms with E-state index in [1.54, 1.807) is 6.92 Å². The number of allylic oxidation sites excluding steroid dienone is 12. The van der Waals surface area contributed by atoms with Gasteiger partial charge >= 0.3 is 0 Å². The SMILES string of the molecule is C=C(CCOCCOCCOCCNC(=O)C[C@@H]1N=C(c2ccc(Cl)cc2)C(C(C)=C(C)C)=C(C)n2c(C)nnc21)Nc1ccc(C2=C/C(C)=C(CC(C)=O)/C=C\C\C=C\2)c(C)c1. The Hall–Kier alpha value is -5.46. The van der Waals surface area contributed by atoms with Crippen molar-refractivity contribution in [1.82, 2.24) is 20.1 Å². The maximum Gasteiger partial charge on any atom is 0.222 e. The Morgan fingerprint density at radius 2 is 1.56 bits per heavy atom. The fourth-order valence-electron chi connectivity index (χ4n) is 7.44. The molecule has 2 aliphatic rings. The second-order valence-electron chi connectivity index (χ2n) is 16.2. The van der Waals surface area contributed by atoms with E-state index in [-0.39, 0.29) is 18.1 Å². The summed E-state index contributed by atoms with van der Waals surface area (Å²) >= 11 is 6.25. The second-order valence-corrected chi connectivity index (χ2v) is 16.6. The summed E-state index contributed by atoms with van der Waals surface area (Å²) < 4.78 is 19.2. The number of aryl methyl sites for hydroxylation is 2. The molecule has 0 bridgehead atoms. The van der Waals surface area contributed by atoms with E-state index in [0.717, 1.165) is 85.2 Å². The minimum Gasteiger partial charge on any atom is -0.379 e. The molecule has 2 heterocycles. The normalized spacial score (nSPS) is 18.1. The van der Waals surface area contributed by atoms with Gasteiger partial charge in [0.2, 0.25) is 5.91 Å². The average Bonchev–Trinajstić information content (AvgIpc) is 3.61. The number of anilines is 1. The largest absolute Gasteiger partial charge is 0.379 e. The molecule has 3 aromatic rings. The van der Waals surface area contributed by atoms with Crippen LogP contribution in [-0.2, 0) is 23.8 Å². The van der Waals surface area contributed by atoms with Crippen molar-refractivity contribution in [3.8, 4) is 0 Å². The molecule has 1 atom stereocenters. The van der Waals surface area contributed by atoms with Crippen LogP contribution in [-0.4, -0.2) is 78.4 Å². The number of hydrogen-bond donors (Lipinski definition) is 2. The molecule has 1 amide bonds. The number of hydrogen-bond acceptors (Lipinski definition) is 9. The highest BCUT2D eigenvalue weighted by molar-refractivity contribution is 6.30. The molecule has 1 aliphatic carbocycles. The lowest BCUT2D eigenvalue weighted by Gasteiger charge is -2.17. The number of ketones is 1. The number of ether oxygens (including phenoxy) is 3. The van der Waals surface area contributed by atoms with Crippen LogP contribution in [0.25, 0.3) is 11.3 Å². The average molecular weight is 876 g/mol. The number of benzene rings is 2. The van der Waals surface area contributed by atoms with Gasteiger partial charge in [-0.25, -0.2) is 0 Å². The minimum atomic E-state index is -0.555. The molecule has 0 radical (unpaired) electrons. The zero-order valence-electron chi connectivity index (χ0n) is 38.2. The van der Waals surface area contributed by atoms with Gasteiger partial charge in [-0.1, -0.05) is 72.3 Å². The summed E-state index contributed by atoms with van der Waals surface area (Å²) in [6, 6.07) is 13.4. The molecule has 0 saturated carbocycles. The van der Waals surface area contributed by atoms with E-state index in [9.17, 15) is 9.59 Å². The third-order valence-corrected chi connectivity index (χ3v) is 11.2. The maximum absolute atomic E-state index is 13.3. The van der Waals surface area contributed by atoms with Gasteiger partial charge in [0.05, 0.1) is 51.8 Å². The van der Waals surface area contributed by atoms with E-state index in [1.807, 2.05) is 42.7 Å². The summed E-state index contributed by atoms with van der Waals surface area (Å²) in [5, 5.41) is 15.9. The van der Waals surface area contributed by atoms with Crippen LogP contribution in [0, 0.1) is 13.8 Å². The predicted octanol–water partition coefficient (Wildman–Crippen LogP) is 10.4.